The molecule has 2 heterocycles. The number of benzene rings is 1. The summed E-state index contributed by atoms with van der Waals surface area (Å²) in [7, 11) is 1.78. The topological polar surface area (TPSA) is 80.0 Å². The summed E-state index contributed by atoms with van der Waals surface area (Å²) in [5.74, 6) is -0.157. The van der Waals surface area contributed by atoms with E-state index in [1.165, 1.54) is 12.1 Å². The number of hydrogen-bond donors (Lipinski definition) is 2. The number of rotatable bonds is 6. The van der Waals surface area contributed by atoms with Crippen LogP contribution in [-0.2, 0) is 7.05 Å². The third kappa shape index (κ3) is 4.20. The Morgan fingerprint density at radius 2 is 1.96 bits per heavy atom. The average molecular weight is 368 g/mol. The number of hydrogen-bond acceptors (Lipinski definition) is 4. The van der Waals surface area contributed by atoms with Crippen molar-refractivity contribution in [1.82, 2.24) is 19.9 Å². The van der Waals surface area contributed by atoms with Gasteiger partial charge in [-0.2, -0.15) is 0 Å². The number of carbonyl (C=O) groups excluding carboxylic acids is 1. The fourth-order valence-corrected chi connectivity index (χ4v) is 2.74. The van der Waals surface area contributed by atoms with Crippen LogP contribution < -0.4 is 5.32 Å². The first kappa shape index (κ1) is 18.7. The highest BCUT2D eigenvalue weighted by Crippen LogP contribution is 2.23. The van der Waals surface area contributed by atoms with Gasteiger partial charge in [0.25, 0.3) is 5.91 Å². The lowest BCUT2D eigenvalue weighted by atomic mass is 10.1. The minimum absolute atomic E-state index is 0.102. The standard InChI is InChI=1S/C20H21FN4O2/c1-3-17(12-26)24-20(27)18-8-14(11-25(18)2)15-9-22-19(23-10-15)13-5-4-6-16(21)7-13/h4-11,17,26H,3,12H2,1-2H3,(H,24,27)/t17-/m0/s1. The van der Waals surface area contributed by atoms with E-state index in [-0.39, 0.29) is 24.4 Å². The monoisotopic (exact) mass is 368 g/mol. The third-order valence-electron chi connectivity index (χ3n) is 4.35. The molecule has 0 radical (unpaired) electrons. The molecule has 2 N–H and O–H groups in total. The van der Waals surface area contributed by atoms with Crippen molar-refractivity contribution >= 4 is 5.91 Å². The first-order valence-electron chi connectivity index (χ1n) is 8.68. The van der Waals surface area contributed by atoms with Gasteiger partial charge in [-0.05, 0) is 24.6 Å². The van der Waals surface area contributed by atoms with Crippen LogP contribution in [0.3, 0.4) is 0 Å². The second-order valence-electron chi connectivity index (χ2n) is 6.29. The highest BCUT2D eigenvalue weighted by atomic mass is 19.1. The Morgan fingerprint density at radius 3 is 2.59 bits per heavy atom. The maximum atomic E-state index is 13.3. The predicted octanol–water partition coefficient (Wildman–Crippen LogP) is 2.79. The Labute approximate surface area is 156 Å². The zero-order valence-corrected chi connectivity index (χ0v) is 15.2. The molecule has 0 saturated carbocycles. The molecule has 0 fully saturated rings. The van der Waals surface area contributed by atoms with Crippen molar-refractivity contribution in [2.75, 3.05) is 6.61 Å². The molecule has 0 saturated heterocycles. The van der Waals surface area contributed by atoms with Gasteiger partial charge in [-0.25, -0.2) is 14.4 Å². The molecule has 1 aromatic carbocycles. The summed E-state index contributed by atoms with van der Waals surface area (Å²) in [6, 6.07) is 7.58. The molecule has 140 valence electrons. The lowest BCUT2D eigenvalue weighted by molar-refractivity contribution is 0.0906. The van der Waals surface area contributed by atoms with Gasteiger partial charge >= 0.3 is 0 Å². The van der Waals surface area contributed by atoms with Crippen molar-refractivity contribution in [2.24, 2.45) is 7.05 Å². The van der Waals surface area contributed by atoms with Gasteiger partial charge in [0.15, 0.2) is 5.82 Å². The average Bonchev–Trinajstić information content (AvgIpc) is 3.08. The molecule has 2 aromatic heterocycles. The summed E-state index contributed by atoms with van der Waals surface area (Å²) in [5, 5.41) is 12.0. The number of aromatic nitrogens is 3. The largest absolute Gasteiger partial charge is 0.394 e. The smallest absolute Gasteiger partial charge is 0.268 e. The lowest BCUT2D eigenvalue weighted by Crippen LogP contribution is -2.37. The number of aliphatic hydroxyl groups excluding tert-OH is 1. The number of nitrogens with one attached hydrogen (secondary N) is 1. The fourth-order valence-electron chi connectivity index (χ4n) is 2.74. The van der Waals surface area contributed by atoms with Gasteiger partial charge in [0.2, 0.25) is 0 Å². The Balaban J connectivity index is 1.82. The minimum Gasteiger partial charge on any atom is -0.394 e. The molecular formula is C20H21FN4O2. The van der Waals surface area contributed by atoms with Crippen LogP contribution in [0.4, 0.5) is 4.39 Å². The SMILES string of the molecule is CC[C@@H](CO)NC(=O)c1cc(-c2cnc(-c3cccc(F)c3)nc2)cn1C. The van der Waals surface area contributed by atoms with Gasteiger partial charge in [0.1, 0.15) is 11.5 Å². The summed E-state index contributed by atoms with van der Waals surface area (Å²) in [4.78, 5) is 21.0. The van der Waals surface area contributed by atoms with E-state index in [9.17, 15) is 14.3 Å². The fraction of sp³-hybridized carbons (Fsp3) is 0.250. The molecule has 0 aliphatic carbocycles. The highest BCUT2D eigenvalue weighted by Gasteiger charge is 2.16. The molecule has 6 nitrogen and oxygen atoms in total. The van der Waals surface area contributed by atoms with Crippen molar-refractivity contribution in [3.63, 3.8) is 0 Å². The summed E-state index contributed by atoms with van der Waals surface area (Å²) >= 11 is 0. The van der Waals surface area contributed by atoms with Gasteiger partial charge in [-0.1, -0.05) is 19.1 Å². The van der Waals surface area contributed by atoms with Gasteiger partial charge in [-0.15, -0.1) is 0 Å². The number of amides is 1. The van der Waals surface area contributed by atoms with Crippen molar-refractivity contribution in [3.8, 4) is 22.5 Å². The first-order valence-corrected chi connectivity index (χ1v) is 8.68. The predicted molar refractivity (Wildman–Crippen MR) is 100 cm³/mol. The van der Waals surface area contributed by atoms with Gasteiger partial charge in [0.05, 0.1) is 12.6 Å². The van der Waals surface area contributed by atoms with Crippen LogP contribution in [0.2, 0.25) is 0 Å². The van der Waals surface area contributed by atoms with Gasteiger partial charge in [0, 0.05) is 42.3 Å². The zero-order valence-electron chi connectivity index (χ0n) is 15.2. The maximum absolute atomic E-state index is 13.3. The van der Waals surface area contributed by atoms with E-state index < -0.39 is 0 Å². The summed E-state index contributed by atoms with van der Waals surface area (Å²) in [5.41, 5.74) is 2.62. The second-order valence-corrected chi connectivity index (χ2v) is 6.29. The van der Waals surface area contributed by atoms with E-state index in [0.717, 1.165) is 11.1 Å². The van der Waals surface area contributed by atoms with E-state index in [0.29, 0.717) is 23.5 Å². The van der Waals surface area contributed by atoms with E-state index in [2.05, 4.69) is 15.3 Å². The van der Waals surface area contributed by atoms with Crippen LogP contribution in [0.1, 0.15) is 23.8 Å². The minimum atomic E-state index is -0.341. The number of carbonyl (C=O) groups is 1. The third-order valence-corrected chi connectivity index (χ3v) is 4.35. The molecule has 0 unspecified atom stereocenters. The van der Waals surface area contributed by atoms with Gasteiger partial charge in [-0.3, -0.25) is 4.79 Å². The van der Waals surface area contributed by atoms with E-state index in [1.54, 1.807) is 42.2 Å². The molecule has 0 spiro atoms. The summed E-state index contributed by atoms with van der Waals surface area (Å²) in [6.07, 6.45) is 5.75. The van der Waals surface area contributed by atoms with Crippen molar-refractivity contribution in [1.29, 1.82) is 0 Å². The Kier molecular flexibility index (Phi) is 5.61. The highest BCUT2D eigenvalue weighted by molar-refractivity contribution is 5.94. The molecule has 0 aliphatic rings. The van der Waals surface area contributed by atoms with Crippen LogP contribution >= 0.6 is 0 Å². The Bertz CT molecular complexity index is 933. The molecule has 3 aromatic rings. The molecule has 27 heavy (non-hydrogen) atoms. The van der Waals surface area contributed by atoms with Crippen LogP contribution in [0, 0.1) is 5.82 Å². The Morgan fingerprint density at radius 1 is 1.22 bits per heavy atom. The van der Waals surface area contributed by atoms with Crippen molar-refractivity contribution in [2.45, 2.75) is 19.4 Å². The molecule has 1 amide bonds. The maximum Gasteiger partial charge on any atom is 0.268 e. The quantitative estimate of drug-likeness (QED) is 0.701. The second kappa shape index (κ2) is 8.09. The lowest BCUT2D eigenvalue weighted by Gasteiger charge is -2.13. The van der Waals surface area contributed by atoms with Crippen LogP contribution in [0.5, 0.6) is 0 Å². The Hall–Kier alpha value is -3.06. The van der Waals surface area contributed by atoms with Crippen LogP contribution in [0.15, 0.2) is 48.9 Å². The van der Waals surface area contributed by atoms with E-state index in [1.807, 2.05) is 13.1 Å². The van der Waals surface area contributed by atoms with Crippen LogP contribution in [0.25, 0.3) is 22.5 Å². The molecule has 3 rings (SSSR count). The number of aliphatic hydroxyl groups is 1. The van der Waals surface area contributed by atoms with Crippen molar-refractivity contribution < 1.29 is 14.3 Å². The number of aryl methyl sites for hydroxylation is 1. The molecule has 1 atom stereocenters. The number of halogens is 1. The number of nitrogens with zero attached hydrogens (tertiary/aromatic N) is 3. The molecule has 0 aliphatic heterocycles. The molecular weight excluding hydrogens is 347 g/mol. The first-order chi connectivity index (χ1) is 13.0. The van der Waals surface area contributed by atoms with Gasteiger partial charge < -0.3 is 15.0 Å². The van der Waals surface area contributed by atoms with Crippen molar-refractivity contribution in [3.05, 3.63) is 60.4 Å². The normalized spacial score (nSPS) is 12.0. The van der Waals surface area contributed by atoms with E-state index in [4.69, 9.17) is 0 Å². The summed E-state index contributed by atoms with van der Waals surface area (Å²) < 4.78 is 15.1. The van der Waals surface area contributed by atoms with Crippen LogP contribution in [-0.4, -0.2) is 38.2 Å². The zero-order chi connectivity index (χ0) is 19.4. The van der Waals surface area contributed by atoms with E-state index >= 15 is 0 Å². The molecule has 7 heteroatoms. The molecule has 0 bridgehead atoms. The summed E-state index contributed by atoms with van der Waals surface area (Å²) in [6.45, 7) is 1.80.